The summed E-state index contributed by atoms with van der Waals surface area (Å²) in [6.45, 7) is 9.17. The Morgan fingerprint density at radius 2 is 0.235 bits per heavy atom. The maximum atomic E-state index is 2.29. The van der Waals surface area contributed by atoms with Gasteiger partial charge in [0.15, 0.2) is 0 Å². The maximum absolute atomic E-state index is 2.29. The van der Waals surface area contributed by atoms with Crippen LogP contribution in [0.15, 0.2) is 0 Å². The van der Waals surface area contributed by atoms with E-state index in [1.165, 1.54) is 193 Å². The van der Waals surface area contributed by atoms with Gasteiger partial charge in [0.05, 0.1) is 0 Å². The summed E-state index contributed by atoms with van der Waals surface area (Å²) in [4.78, 5) is 0. The van der Waals surface area contributed by atoms with Crippen LogP contribution in [0.25, 0.3) is 0 Å². The smallest absolute Gasteiger partial charge is 0.0533 e. The lowest BCUT2D eigenvalue weighted by atomic mass is 10.0. The molecular formula is C34H72. The van der Waals surface area contributed by atoms with Crippen LogP contribution in [0.5, 0.6) is 0 Å². The molecule has 0 radical (unpaired) electrons. The van der Waals surface area contributed by atoms with E-state index in [-0.39, 0.29) is 0 Å². The summed E-state index contributed by atoms with van der Waals surface area (Å²) >= 11 is 0. The number of hydrogen-bond donors (Lipinski definition) is 0. The van der Waals surface area contributed by atoms with Crippen LogP contribution in [0.1, 0.15) is 220 Å². The van der Waals surface area contributed by atoms with E-state index < -0.39 is 0 Å². The first-order chi connectivity index (χ1) is 16.8. The largest absolute Gasteiger partial charge is 0.0654 e. The molecule has 0 saturated heterocycles. The predicted octanol–water partition coefficient (Wildman–Crippen LogP) is 13.8. The topological polar surface area (TPSA) is 0 Å². The van der Waals surface area contributed by atoms with Crippen LogP contribution in [0.3, 0.4) is 0 Å². The van der Waals surface area contributed by atoms with Gasteiger partial charge in [-0.1, -0.05) is 220 Å². The molecule has 0 aromatic rings. The van der Waals surface area contributed by atoms with Crippen molar-refractivity contribution >= 4 is 0 Å². The molecule has 0 bridgehead atoms. The van der Waals surface area contributed by atoms with Gasteiger partial charge in [-0.3, -0.25) is 0 Å². The minimum Gasteiger partial charge on any atom is -0.0654 e. The van der Waals surface area contributed by atoms with Crippen LogP contribution in [-0.4, -0.2) is 0 Å². The van der Waals surface area contributed by atoms with Crippen LogP contribution in [-0.2, 0) is 0 Å². The third-order valence-electron chi connectivity index (χ3n) is 7.41. The molecular weight excluding hydrogens is 408 g/mol. The monoisotopic (exact) mass is 481 g/mol. The van der Waals surface area contributed by atoms with E-state index in [1.807, 2.05) is 0 Å². The summed E-state index contributed by atoms with van der Waals surface area (Å²) in [7, 11) is 0. The molecule has 0 aromatic carbocycles. The summed E-state index contributed by atoms with van der Waals surface area (Å²) in [5, 5.41) is 0. The lowest BCUT2D eigenvalue weighted by Crippen LogP contribution is -1.82. The van der Waals surface area contributed by atoms with Gasteiger partial charge in [-0.25, -0.2) is 0 Å². The fraction of sp³-hybridized carbons (Fsp3) is 1.00. The van der Waals surface area contributed by atoms with Gasteiger partial charge in [0, 0.05) is 0 Å². The summed E-state index contributed by atoms with van der Waals surface area (Å²) in [5.41, 5.74) is 0. The Morgan fingerprint density at radius 1 is 0.147 bits per heavy atom. The standard InChI is InChI=1S/2C17H36/c2*1-3-5-7-9-11-13-15-17-16-14-12-10-8-6-4-2/h2*3-17H2,1-2H3. The molecule has 0 heterocycles. The lowest BCUT2D eigenvalue weighted by molar-refractivity contribution is 0.534. The molecule has 0 saturated carbocycles. The highest BCUT2D eigenvalue weighted by molar-refractivity contribution is 4.50. The van der Waals surface area contributed by atoms with Gasteiger partial charge < -0.3 is 0 Å². The van der Waals surface area contributed by atoms with E-state index in [9.17, 15) is 0 Å². The Kier molecular flexibility index (Phi) is 39.9. The third-order valence-corrected chi connectivity index (χ3v) is 7.41. The molecule has 0 aliphatic heterocycles. The zero-order valence-corrected chi connectivity index (χ0v) is 25.2. The van der Waals surface area contributed by atoms with E-state index in [1.54, 1.807) is 0 Å². The minimum atomic E-state index is 1.37. The Hall–Kier alpha value is 0. The fourth-order valence-electron chi connectivity index (χ4n) is 4.89. The van der Waals surface area contributed by atoms with Crippen LogP contribution >= 0.6 is 0 Å². The zero-order valence-electron chi connectivity index (χ0n) is 25.2. The van der Waals surface area contributed by atoms with Crippen molar-refractivity contribution in [2.75, 3.05) is 0 Å². The van der Waals surface area contributed by atoms with E-state index in [0.29, 0.717) is 0 Å². The molecule has 0 aromatic heterocycles. The molecule has 0 aliphatic carbocycles. The van der Waals surface area contributed by atoms with Crippen LogP contribution in [0.4, 0.5) is 0 Å². The first-order valence-electron chi connectivity index (χ1n) is 16.8. The van der Waals surface area contributed by atoms with Crippen LogP contribution in [0, 0.1) is 0 Å². The normalized spacial score (nSPS) is 10.9. The van der Waals surface area contributed by atoms with Crippen molar-refractivity contribution in [3.63, 3.8) is 0 Å². The first-order valence-corrected chi connectivity index (χ1v) is 16.8. The van der Waals surface area contributed by atoms with Crippen molar-refractivity contribution in [2.45, 2.75) is 220 Å². The molecule has 0 aliphatic rings. The highest BCUT2D eigenvalue weighted by atomic mass is 14.0. The molecule has 0 amide bonds. The second-order valence-corrected chi connectivity index (χ2v) is 11.2. The van der Waals surface area contributed by atoms with Gasteiger partial charge in [-0.2, -0.15) is 0 Å². The van der Waals surface area contributed by atoms with Crippen molar-refractivity contribution < 1.29 is 0 Å². The van der Waals surface area contributed by atoms with E-state index in [4.69, 9.17) is 0 Å². The highest BCUT2D eigenvalue weighted by Gasteiger charge is 1.94. The molecule has 0 atom stereocenters. The average molecular weight is 481 g/mol. The zero-order chi connectivity index (χ0) is 25.2. The first kappa shape index (κ1) is 36.2. The second-order valence-electron chi connectivity index (χ2n) is 11.2. The Balaban J connectivity index is 0. The van der Waals surface area contributed by atoms with Gasteiger partial charge in [0.25, 0.3) is 0 Å². The fourth-order valence-corrected chi connectivity index (χ4v) is 4.89. The Morgan fingerprint density at radius 3 is 0.324 bits per heavy atom. The highest BCUT2D eigenvalue weighted by Crippen LogP contribution is 2.14. The summed E-state index contributed by atoms with van der Waals surface area (Å²) in [6, 6.07) is 0. The van der Waals surface area contributed by atoms with Gasteiger partial charge in [0.2, 0.25) is 0 Å². The van der Waals surface area contributed by atoms with E-state index >= 15 is 0 Å². The number of rotatable bonds is 28. The van der Waals surface area contributed by atoms with Crippen molar-refractivity contribution in [3.8, 4) is 0 Å². The minimum absolute atomic E-state index is 1.37. The molecule has 0 heteroatoms. The summed E-state index contributed by atoms with van der Waals surface area (Å²) < 4.78 is 0. The third kappa shape index (κ3) is 39.2. The molecule has 34 heavy (non-hydrogen) atoms. The SMILES string of the molecule is CCCCCCCCCCCCCCCCC.CCCCCCCCCCCCCCCCC. The van der Waals surface area contributed by atoms with Gasteiger partial charge >= 0.3 is 0 Å². The molecule has 0 N–H and O–H groups in total. The lowest BCUT2D eigenvalue weighted by Gasteiger charge is -2.02. The van der Waals surface area contributed by atoms with Crippen LogP contribution < -0.4 is 0 Å². The quantitative estimate of drug-likeness (QED) is 0.0976. The van der Waals surface area contributed by atoms with Crippen LogP contribution in [0.2, 0.25) is 0 Å². The molecule has 0 nitrogen and oxygen atoms in total. The van der Waals surface area contributed by atoms with Gasteiger partial charge in [-0.05, 0) is 0 Å². The molecule has 0 rings (SSSR count). The number of hydrogen-bond acceptors (Lipinski definition) is 0. The van der Waals surface area contributed by atoms with Gasteiger partial charge in [0.1, 0.15) is 0 Å². The van der Waals surface area contributed by atoms with Gasteiger partial charge in [-0.15, -0.1) is 0 Å². The molecule has 0 spiro atoms. The average Bonchev–Trinajstić information content (AvgIpc) is 2.85. The maximum Gasteiger partial charge on any atom is -0.0533 e. The van der Waals surface area contributed by atoms with E-state index in [0.717, 1.165) is 0 Å². The molecule has 0 unspecified atom stereocenters. The van der Waals surface area contributed by atoms with Crippen molar-refractivity contribution in [2.24, 2.45) is 0 Å². The Labute approximate surface area is 220 Å². The Bertz CT molecular complexity index is 236. The van der Waals surface area contributed by atoms with Crippen molar-refractivity contribution in [1.82, 2.24) is 0 Å². The van der Waals surface area contributed by atoms with E-state index in [2.05, 4.69) is 27.7 Å². The number of unbranched alkanes of at least 4 members (excludes halogenated alkanes) is 28. The molecule has 208 valence electrons. The second kappa shape index (κ2) is 37.5. The summed E-state index contributed by atoms with van der Waals surface area (Å²) in [6.07, 6.45) is 43.8. The predicted molar refractivity (Wildman–Crippen MR) is 161 cm³/mol. The molecule has 0 fully saturated rings. The van der Waals surface area contributed by atoms with Crippen molar-refractivity contribution in [3.05, 3.63) is 0 Å². The summed E-state index contributed by atoms with van der Waals surface area (Å²) in [5.74, 6) is 0. The van der Waals surface area contributed by atoms with Crippen molar-refractivity contribution in [1.29, 1.82) is 0 Å².